The summed E-state index contributed by atoms with van der Waals surface area (Å²) in [6.45, 7) is 5.48. The molecule has 7 aliphatic rings. The number of phenolic OH excluding ortho intramolecular Hbond substituents is 1. The third kappa shape index (κ3) is 4.87. The summed E-state index contributed by atoms with van der Waals surface area (Å²) in [5, 5.41) is 27.3. The summed E-state index contributed by atoms with van der Waals surface area (Å²) in [5.41, 5.74) is 5.85. The second-order valence-corrected chi connectivity index (χ2v) is 16.9. The number of rotatable bonds is 3. The van der Waals surface area contributed by atoms with Crippen molar-refractivity contribution in [3.63, 3.8) is 0 Å². The molecule has 0 aliphatic carbocycles. The van der Waals surface area contributed by atoms with Crippen LogP contribution in [-0.4, -0.2) is 96.9 Å². The number of hydrogen-bond acceptors (Lipinski definition) is 14. The topological polar surface area (TPSA) is 168 Å². The number of phenols is 1. The van der Waals surface area contributed by atoms with Crippen LogP contribution in [0.1, 0.15) is 68.9 Å². The fraction of sp³-hybridized carbons (Fsp3) is 0.452. The molecule has 2 saturated heterocycles. The number of methoxy groups -OCH3 is 2. The molecule has 296 valence electrons. The SMILES string of the molecule is COc1ccc2[nH]c3c(c2c1)CCN[C@]31CS[C@@H]2c3c(OC(C)=O)c(C)c4c(c3[C@H](COC1=O)N1[C@@H]2[C@H]2c3c(cc(C)c(OC)c3O)CC([C@@H]1C#N)N2C)OCO4. The number of piperazine rings is 1. The largest absolute Gasteiger partial charge is 0.504 e. The lowest BCUT2D eigenvalue weighted by atomic mass is 9.71. The van der Waals surface area contributed by atoms with Crippen LogP contribution >= 0.6 is 11.8 Å². The zero-order chi connectivity index (χ0) is 39.7. The lowest BCUT2D eigenvalue weighted by Gasteiger charge is -2.62. The van der Waals surface area contributed by atoms with Crippen LogP contribution in [0, 0.1) is 25.2 Å². The number of aryl methyl sites for hydroxylation is 1. The summed E-state index contributed by atoms with van der Waals surface area (Å²) in [5.74, 6) is 1.76. The monoisotopic (exact) mass is 793 g/mol. The number of carbonyl (C=O) groups is 2. The van der Waals surface area contributed by atoms with Gasteiger partial charge in [-0.05, 0) is 68.6 Å². The Hall–Kier alpha value is -5.14. The second-order valence-electron chi connectivity index (χ2n) is 15.8. The first kappa shape index (κ1) is 36.2. The summed E-state index contributed by atoms with van der Waals surface area (Å²) in [6, 6.07) is 7.96. The Morgan fingerprint density at radius 3 is 2.65 bits per heavy atom. The Balaban J connectivity index is 1.24. The molecule has 1 spiro atoms. The first-order chi connectivity index (χ1) is 27.5. The molecular formula is C42H43N5O9S. The highest BCUT2D eigenvalue weighted by Crippen LogP contribution is 2.64. The van der Waals surface area contributed by atoms with Crippen LogP contribution < -0.4 is 29.0 Å². The molecule has 14 nitrogen and oxygen atoms in total. The number of aromatic nitrogens is 1. The first-order valence-electron chi connectivity index (χ1n) is 19.2. The van der Waals surface area contributed by atoms with Gasteiger partial charge in [0.15, 0.2) is 28.5 Å². The van der Waals surface area contributed by atoms with Crippen molar-refractivity contribution >= 4 is 34.6 Å². The molecule has 3 aromatic carbocycles. The summed E-state index contributed by atoms with van der Waals surface area (Å²) < 4.78 is 36.4. The maximum atomic E-state index is 14.9. The number of aromatic amines is 1. The lowest BCUT2D eigenvalue weighted by molar-refractivity contribution is -0.157. The van der Waals surface area contributed by atoms with Crippen molar-refractivity contribution < 1.29 is 43.1 Å². The molecule has 1 aromatic heterocycles. The molecule has 0 radical (unpaired) electrons. The predicted octanol–water partition coefficient (Wildman–Crippen LogP) is 4.76. The third-order valence-electron chi connectivity index (χ3n) is 13.1. The number of H-pyrrole nitrogens is 1. The zero-order valence-electron chi connectivity index (χ0n) is 32.5. The van der Waals surface area contributed by atoms with Crippen LogP contribution in [0.5, 0.6) is 34.5 Å². The molecule has 4 aromatic rings. The minimum absolute atomic E-state index is 0.0447. The Kier molecular flexibility index (Phi) is 8.22. The minimum atomic E-state index is -1.29. The molecule has 0 saturated carbocycles. The molecule has 11 rings (SSSR count). The average Bonchev–Trinajstić information content (AvgIpc) is 3.84. The fourth-order valence-electron chi connectivity index (χ4n) is 10.8. The zero-order valence-corrected chi connectivity index (χ0v) is 33.3. The predicted molar refractivity (Wildman–Crippen MR) is 208 cm³/mol. The van der Waals surface area contributed by atoms with Crippen molar-refractivity contribution in [3.8, 4) is 40.6 Å². The van der Waals surface area contributed by atoms with Gasteiger partial charge in [-0.2, -0.15) is 5.26 Å². The minimum Gasteiger partial charge on any atom is -0.504 e. The second kappa shape index (κ2) is 12.9. The number of nitriles is 1. The molecule has 1 unspecified atom stereocenters. The van der Waals surface area contributed by atoms with Crippen molar-refractivity contribution in [1.29, 1.82) is 5.26 Å². The van der Waals surface area contributed by atoms with E-state index in [1.807, 2.05) is 39.1 Å². The highest BCUT2D eigenvalue weighted by Gasteiger charge is 2.62. The van der Waals surface area contributed by atoms with Crippen molar-refractivity contribution in [2.24, 2.45) is 0 Å². The molecule has 4 bridgehead atoms. The Morgan fingerprint density at radius 1 is 1.09 bits per heavy atom. The molecule has 7 aliphatic heterocycles. The van der Waals surface area contributed by atoms with Gasteiger partial charge in [-0.3, -0.25) is 19.9 Å². The molecule has 7 atom stereocenters. The van der Waals surface area contributed by atoms with E-state index in [0.717, 1.165) is 50.2 Å². The number of nitrogens with one attached hydrogen (secondary N) is 2. The van der Waals surface area contributed by atoms with Crippen LogP contribution in [0.15, 0.2) is 24.3 Å². The number of fused-ring (bicyclic) bond motifs is 11. The van der Waals surface area contributed by atoms with Gasteiger partial charge in [0.25, 0.3) is 0 Å². The van der Waals surface area contributed by atoms with E-state index in [1.165, 1.54) is 18.7 Å². The summed E-state index contributed by atoms with van der Waals surface area (Å²) in [6.07, 6.45) is 1.19. The molecule has 57 heavy (non-hydrogen) atoms. The number of thioether (sulfide) groups is 1. The molecule has 2 fully saturated rings. The Morgan fingerprint density at radius 2 is 1.89 bits per heavy atom. The van der Waals surface area contributed by atoms with E-state index < -0.39 is 46.9 Å². The van der Waals surface area contributed by atoms with Gasteiger partial charge in [0.2, 0.25) is 6.79 Å². The first-order valence-corrected chi connectivity index (χ1v) is 20.2. The quantitative estimate of drug-likeness (QED) is 0.192. The highest BCUT2D eigenvalue weighted by atomic mass is 32.2. The standard InChI is InChI=1S/C42H43N5O9S/c1-18-11-21-12-26-27(14-43)47-28-15-53-41(50)42(40-23(9-10-44-42)24-13-22(51-5)7-8-25(24)45-40)16-57-39(33(47)32(46(26)4)29(21)34(49)35(18)52-6)31-30(28)38-37(54-17-55-38)19(2)36(31)56-20(3)48/h7-8,11,13,26-28,32-33,39,44-45,49H,9-10,12,15-17H2,1-6H3/t26?,27-,28-,32+,33+,39+,42+/m0/s1. The molecule has 0 amide bonds. The molecule has 3 N–H and O–H groups in total. The summed E-state index contributed by atoms with van der Waals surface area (Å²) in [4.78, 5) is 35.9. The van der Waals surface area contributed by atoms with Gasteiger partial charge in [0, 0.05) is 64.5 Å². The van der Waals surface area contributed by atoms with Gasteiger partial charge in [-0.1, -0.05) is 6.07 Å². The van der Waals surface area contributed by atoms with Gasteiger partial charge < -0.3 is 38.5 Å². The van der Waals surface area contributed by atoms with Gasteiger partial charge in [0.05, 0.1) is 43.3 Å². The summed E-state index contributed by atoms with van der Waals surface area (Å²) >= 11 is 1.54. The lowest BCUT2D eigenvalue weighted by Crippen LogP contribution is -2.69. The molecular weight excluding hydrogens is 751 g/mol. The smallest absolute Gasteiger partial charge is 0.333 e. The average molecular weight is 794 g/mol. The summed E-state index contributed by atoms with van der Waals surface area (Å²) in [7, 11) is 5.20. The Labute approximate surface area is 333 Å². The van der Waals surface area contributed by atoms with Crippen LogP contribution in [0.4, 0.5) is 0 Å². The van der Waals surface area contributed by atoms with Crippen molar-refractivity contribution in [2.75, 3.05) is 47.0 Å². The van der Waals surface area contributed by atoms with Gasteiger partial charge in [-0.15, -0.1) is 11.8 Å². The van der Waals surface area contributed by atoms with E-state index in [9.17, 15) is 20.0 Å². The van der Waals surface area contributed by atoms with Crippen molar-refractivity contribution in [1.82, 2.24) is 20.1 Å². The number of esters is 2. The molecule has 8 heterocycles. The van der Waals surface area contributed by atoms with Crippen LogP contribution in [0.3, 0.4) is 0 Å². The number of carbonyl (C=O) groups excluding carboxylic acids is 2. The number of hydrogen-bond donors (Lipinski definition) is 3. The number of benzene rings is 3. The highest BCUT2D eigenvalue weighted by molar-refractivity contribution is 7.99. The number of nitrogens with zero attached hydrogens (tertiary/aromatic N) is 3. The van der Waals surface area contributed by atoms with E-state index in [4.69, 9.17) is 28.4 Å². The number of ether oxygens (including phenoxy) is 6. The maximum Gasteiger partial charge on any atom is 0.333 e. The van der Waals surface area contributed by atoms with Crippen molar-refractivity contribution in [3.05, 3.63) is 68.9 Å². The van der Waals surface area contributed by atoms with Crippen LogP contribution in [-0.2, 0) is 32.7 Å². The van der Waals surface area contributed by atoms with E-state index >= 15 is 0 Å². The normalized spacial score (nSPS) is 28.5. The molecule has 15 heteroatoms. The van der Waals surface area contributed by atoms with Crippen molar-refractivity contribution in [2.45, 2.75) is 74.6 Å². The van der Waals surface area contributed by atoms with E-state index in [-0.39, 0.29) is 30.9 Å². The van der Waals surface area contributed by atoms with E-state index in [0.29, 0.717) is 53.5 Å². The van der Waals surface area contributed by atoms with Crippen LogP contribution in [0.2, 0.25) is 0 Å². The van der Waals surface area contributed by atoms with E-state index in [1.54, 1.807) is 14.2 Å². The Bertz CT molecular complexity index is 2460. The van der Waals surface area contributed by atoms with Gasteiger partial charge in [-0.25, -0.2) is 4.79 Å². The fourth-order valence-corrected chi connectivity index (χ4v) is 12.4. The maximum absolute atomic E-state index is 14.9. The number of aromatic hydroxyl groups is 1. The van der Waals surface area contributed by atoms with Gasteiger partial charge in [0.1, 0.15) is 24.1 Å². The number of likely N-dealkylation sites (N-methyl/N-ethyl adjacent to an activating group) is 1. The third-order valence-corrected chi connectivity index (χ3v) is 14.6. The van der Waals surface area contributed by atoms with Gasteiger partial charge >= 0.3 is 11.9 Å². The van der Waals surface area contributed by atoms with Crippen LogP contribution in [0.25, 0.3) is 10.9 Å². The van der Waals surface area contributed by atoms with E-state index in [2.05, 4.69) is 32.2 Å².